The summed E-state index contributed by atoms with van der Waals surface area (Å²) in [5, 5.41) is 11.8. The molecule has 0 saturated heterocycles. The molecule has 7 heteroatoms. The Balaban J connectivity index is 1.76. The van der Waals surface area contributed by atoms with Crippen LogP contribution in [0.3, 0.4) is 0 Å². The molecule has 3 aromatic heterocycles. The summed E-state index contributed by atoms with van der Waals surface area (Å²) in [4.78, 5) is 11.6. The molecule has 1 unspecified atom stereocenters. The maximum atomic E-state index is 4.33. The van der Waals surface area contributed by atoms with Crippen LogP contribution in [0, 0.1) is 0 Å². The fourth-order valence-electron chi connectivity index (χ4n) is 2.35. The van der Waals surface area contributed by atoms with Gasteiger partial charge < -0.3 is 10.3 Å². The first kappa shape index (κ1) is 9.72. The number of hydrogen-bond donors (Lipinski definition) is 2. The highest BCUT2D eigenvalue weighted by Crippen LogP contribution is 2.22. The predicted octanol–water partition coefficient (Wildman–Crippen LogP) is 0.234. The van der Waals surface area contributed by atoms with E-state index in [0.717, 1.165) is 35.8 Å². The molecule has 0 aliphatic carbocycles. The third-order valence-electron chi connectivity index (χ3n) is 3.28. The van der Waals surface area contributed by atoms with Crippen LogP contribution in [-0.2, 0) is 13.0 Å². The van der Waals surface area contributed by atoms with Gasteiger partial charge in [-0.2, -0.15) is 0 Å². The van der Waals surface area contributed by atoms with Crippen LogP contribution >= 0.6 is 0 Å². The Morgan fingerprint density at radius 2 is 2.33 bits per heavy atom. The van der Waals surface area contributed by atoms with Crippen molar-refractivity contribution in [3.8, 4) is 0 Å². The second kappa shape index (κ2) is 3.61. The molecule has 7 nitrogen and oxygen atoms in total. The molecule has 0 aromatic carbocycles. The Morgan fingerprint density at radius 1 is 1.33 bits per heavy atom. The van der Waals surface area contributed by atoms with E-state index in [1.54, 1.807) is 18.9 Å². The van der Waals surface area contributed by atoms with Crippen molar-refractivity contribution in [1.29, 1.82) is 0 Å². The molecule has 0 radical (unpaired) electrons. The normalized spacial score (nSPS) is 19.0. The van der Waals surface area contributed by atoms with Gasteiger partial charge in [0, 0.05) is 25.2 Å². The van der Waals surface area contributed by atoms with E-state index in [0.29, 0.717) is 0 Å². The van der Waals surface area contributed by atoms with Crippen LogP contribution in [0.2, 0.25) is 0 Å². The maximum Gasteiger partial charge on any atom is 0.163 e. The molecule has 0 amide bonds. The van der Waals surface area contributed by atoms with Crippen LogP contribution in [-0.4, -0.2) is 29.5 Å². The van der Waals surface area contributed by atoms with Gasteiger partial charge in [-0.1, -0.05) is 0 Å². The average molecular weight is 241 g/mol. The first-order valence-electron chi connectivity index (χ1n) is 5.81. The number of nitrogens with one attached hydrogen (secondary N) is 2. The lowest BCUT2D eigenvalue weighted by molar-refractivity contribution is 0.464. The van der Waals surface area contributed by atoms with Crippen molar-refractivity contribution in [2.75, 3.05) is 0 Å². The quantitative estimate of drug-likeness (QED) is 0.637. The molecule has 90 valence electrons. The van der Waals surface area contributed by atoms with E-state index >= 15 is 0 Å². The van der Waals surface area contributed by atoms with Crippen LogP contribution in [0.5, 0.6) is 0 Å². The summed E-state index contributed by atoms with van der Waals surface area (Å²) in [6, 6.07) is 1.97. The van der Waals surface area contributed by atoms with Gasteiger partial charge in [-0.05, 0) is 0 Å². The molecule has 4 heterocycles. The third-order valence-corrected chi connectivity index (χ3v) is 3.28. The molecule has 0 spiro atoms. The molecule has 18 heavy (non-hydrogen) atoms. The van der Waals surface area contributed by atoms with Gasteiger partial charge >= 0.3 is 0 Å². The second-order valence-corrected chi connectivity index (χ2v) is 4.33. The van der Waals surface area contributed by atoms with Crippen LogP contribution in [0.25, 0.3) is 5.65 Å². The highest BCUT2D eigenvalue weighted by molar-refractivity contribution is 5.36. The number of rotatable bonds is 1. The van der Waals surface area contributed by atoms with Crippen LogP contribution < -0.4 is 5.32 Å². The minimum absolute atomic E-state index is 0.125. The van der Waals surface area contributed by atoms with E-state index in [2.05, 4.69) is 30.5 Å². The number of nitrogens with zero attached hydrogens (tertiary/aromatic N) is 5. The summed E-state index contributed by atoms with van der Waals surface area (Å²) in [6.45, 7) is 0.773. The van der Waals surface area contributed by atoms with Crippen molar-refractivity contribution < 1.29 is 0 Å². The summed E-state index contributed by atoms with van der Waals surface area (Å²) >= 11 is 0. The molecule has 1 aliphatic heterocycles. The van der Waals surface area contributed by atoms with Crippen LogP contribution in [0.4, 0.5) is 0 Å². The number of aromatic amines is 1. The monoisotopic (exact) mass is 241 g/mol. The van der Waals surface area contributed by atoms with Crippen molar-refractivity contribution >= 4 is 5.65 Å². The fraction of sp³-hybridized carbons (Fsp3) is 0.273. The van der Waals surface area contributed by atoms with E-state index < -0.39 is 0 Å². The molecule has 1 atom stereocenters. The van der Waals surface area contributed by atoms with Crippen molar-refractivity contribution in [3.63, 3.8) is 0 Å². The minimum atomic E-state index is 0.125. The topological polar surface area (TPSA) is 83.8 Å². The Bertz CT molecular complexity index is 698. The lowest BCUT2D eigenvalue weighted by Gasteiger charge is -2.21. The number of fused-ring (bicyclic) bond motifs is 2. The summed E-state index contributed by atoms with van der Waals surface area (Å²) in [7, 11) is 0. The summed E-state index contributed by atoms with van der Waals surface area (Å²) in [5.41, 5.74) is 3.06. The van der Waals surface area contributed by atoms with Gasteiger partial charge in [-0.25, -0.2) is 9.97 Å². The van der Waals surface area contributed by atoms with Crippen molar-refractivity contribution in [2.45, 2.75) is 19.0 Å². The molecule has 2 N–H and O–H groups in total. The average Bonchev–Trinajstić information content (AvgIpc) is 3.04. The van der Waals surface area contributed by atoms with Gasteiger partial charge in [0.1, 0.15) is 6.33 Å². The van der Waals surface area contributed by atoms with E-state index in [4.69, 9.17) is 0 Å². The number of imidazole rings is 1. The Hall–Kier alpha value is -2.28. The summed E-state index contributed by atoms with van der Waals surface area (Å²) in [5.74, 6) is 0.881. The largest absolute Gasteiger partial charge is 0.347 e. The SMILES string of the molecule is c1cc2nnc(C3Cc4nc[nH]c4CN3)n2cn1. The zero-order valence-electron chi connectivity index (χ0n) is 9.54. The zero-order valence-corrected chi connectivity index (χ0v) is 9.54. The van der Waals surface area contributed by atoms with Gasteiger partial charge in [-0.15, -0.1) is 10.2 Å². The maximum absolute atomic E-state index is 4.33. The Kier molecular flexibility index (Phi) is 1.95. The molecule has 3 aromatic rings. The van der Waals surface area contributed by atoms with Crippen molar-refractivity contribution in [1.82, 2.24) is 34.9 Å². The number of hydrogen-bond acceptors (Lipinski definition) is 5. The number of H-pyrrole nitrogens is 1. The van der Waals surface area contributed by atoms with Gasteiger partial charge in [0.2, 0.25) is 0 Å². The van der Waals surface area contributed by atoms with Gasteiger partial charge in [-0.3, -0.25) is 4.40 Å². The van der Waals surface area contributed by atoms with E-state index in [1.807, 2.05) is 10.5 Å². The first-order chi connectivity index (χ1) is 8.92. The summed E-state index contributed by atoms with van der Waals surface area (Å²) in [6.07, 6.45) is 6.01. The molecule has 0 bridgehead atoms. The highest BCUT2D eigenvalue weighted by atomic mass is 15.3. The highest BCUT2D eigenvalue weighted by Gasteiger charge is 2.25. The smallest absolute Gasteiger partial charge is 0.163 e. The van der Waals surface area contributed by atoms with Crippen molar-refractivity contribution in [3.05, 3.63) is 42.1 Å². The van der Waals surface area contributed by atoms with Crippen LogP contribution in [0.1, 0.15) is 23.3 Å². The van der Waals surface area contributed by atoms with Crippen molar-refractivity contribution in [2.24, 2.45) is 0 Å². The fourth-order valence-corrected chi connectivity index (χ4v) is 2.35. The van der Waals surface area contributed by atoms with Gasteiger partial charge in [0.25, 0.3) is 0 Å². The minimum Gasteiger partial charge on any atom is -0.347 e. The second-order valence-electron chi connectivity index (χ2n) is 4.33. The summed E-state index contributed by atoms with van der Waals surface area (Å²) < 4.78 is 1.91. The lowest BCUT2D eigenvalue weighted by Crippen LogP contribution is -2.30. The standard InChI is InChI=1S/C11H11N7/c1-2-12-6-18-10(1)16-17-11(18)8-3-7-9(4-13-8)15-5-14-7/h1-2,5-6,8,13H,3-4H2,(H,14,15). The zero-order chi connectivity index (χ0) is 11.9. The van der Waals surface area contributed by atoms with E-state index in [-0.39, 0.29) is 6.04 Å². The predicted molar refractivity (Wildman–Crippen MR) is 62.7 cm³/mol. The Morgan fingerprint density at radius 3 is 3.33 bits per heavy atom. The van der Waals surface area contributed by atoms with Gasteiger partial charge in [0.15, 0.2) is 11.5 Å². The third kappa shape index (κ3) is 1.34. The molecule has 0 saturated carbocycles. The first-order valence-corrected chi connectivity index (χ1v) is 5.81. The molecule has 1 aliphatic rings. The molecule has 4 rings (SSSR count). The lowest BCUT2D eigenvalue weighted by atomic mass is 10.1. The molecular weight excluding hydrogens is 230 g/mol. The van der Waals surface area contributed by atoms with Crippen LogP contribution in [0.15, 0.2) is 24.9 Å². The number of aromatic nitrogens is 6. The van der Waals surface area contributed by atoms with E-state index in [1.165, 1.54) is 0 Å². The Labute approximate surface area is 102 Å². The molecule has 0 fully saturated rings. The van der Waals surface area contributed by atoms with E-state index in [9.17, 15) is 0 Å². The van der Waals surface area contributed by atoms with Gasteiger partial charge in [0.05, 0.1) is 23.8 Å². The molecular formula is C11H11N7.